The summed E-state index contributed by atoms with van der Waals surface area (Å²) in [7, 11) is 0. The number of fused-ring (bicyclic) bond motifs is 1. The van der Waals surface area contributed by atoms with Crippen LogP contribution in [-0.2, 0) is 0 Å². The van der Waals surface area contributed by atoms with E-state index in [1.165, 1.54) is 12.1 Å². The smallest absolute Gasteiger partial charge is 0.227 e. The van der Waals surface area contributed by atoms with Gasteiger partial charge in [-0.1, -0.05) is 0 Å². The molecule has 0 saturated heterocycles. The molecule has 1 atom stereocenters. The van der Waals surface area contributed by atoms with Crippen molar-refractivity contribution < 1.29 is 14.4 Å². The van der Waals surface area contributed by atoms with Crippen molar-refractivity contribution in [3.05, 3.63) is 29.1 Å². The molecule has 6 heteroatoms. The third kappa shape index (κ3) is 1.37. The van der Waals surface area contributed by atoms with Crippen LogP contribution < -0.4 is 0 Å². The molecular weight excluding hydrogens is 232 g/mol. The number of aldehydes is 1. The van der Waals surface area contributed by atoms with Gasteiger partial charge in [0.15, 0.2) is 12.1 Å². The van der Waals surface area contributed by atoms with E-state index in [0.29, 0.717) is 6.29 Å². The number of carbonyl (C=O) groups is 3. The molecular formula is C10H5ClN2O3. The van der Waals surface area contributed by atoms with E-state index in [4.69, 9.17) is 17.0 Å². The van der Waals surface area contributed by atoms with Crippen LogP contribution in [0, 0.1) is 5.41 Å². The van der Waals surface area contributed by atoms with E-state index >= 15 is 0 Å². The van der Waals surface area contributed by atoms with Crippen LogP contribution in [0.15, 0.2) is 12.1 Å². The maximum Gasteiger partial charge on any atom is 0.227 e. The van der Waals surface area contributed by atoms with Gasteiger partial charge >= 0.3 is 0 Å². The number of hydrogen-bond acceptors (Lipinski definition) is 5. The number of alkyl halides is 1. The van der Waals surface area contributed by atoms with Crippen LogP contribution in [0.3, 0.4) is 0 Å². The number of halogens is 1. The molecule has 1 unspecified atom stereocenters. The number of Topliss-reactive ketones (excluding diaryl/α,β-unsaturated/α-hetero) is 2. The molecule has 1 aromatic rings. The van der Waals surface area contributed by atoms with Gasteiger partial charge < -0.3 is 0 Å². The number of hydrogen-bond donors (Lipinski definition) is 1. The van der Waals surface area contributed by atoms with E-state index in [1.54, 1.807) is 0 Å². The molecule has 0 amide bonds. The number of pyridine rings is 1. The number of carbonyl (C=O) groups excluding carboxylic acids is 3. The summed E-state index contributed by atoms with van der Waals surface area (Å²) in [5.74, 6) is -1.25. The predicted octanol–water partition coefficient (Wildman–Crippen LogP) is 0.900. The van der Waals surface area contributed by atoms with E-state index in [-0.39, 0.29) is 17.0 Å². The maximum atomic E-state index is 11.6. The Morgan fingerprint density at radius 2 is 2.06 bits per heavy atom. The fraction of sp³-hybridized carbons (Fsp3) is 0.100. The first-order valence-corrected chi connectivity index (χ1v) is 4.77. The Morgan fingerprint density at radius 3 is 2.69 bits per heavy atom. The van der Waals surface area contributed by atoms with Gasteiger partial charge in [0.05, 0.1) is 0 Å². The van der Waals surface area contributed by atoms with Crippen LogP contribution in [0.2, 0.25) is 0 Å². The number of nitrogens with one attached hydrogen (secondary N) is 1. The summed E-state index contributed by atoms with van der Waals surface area (Å²) in [4.78, 5) is 37.4. The Balaban J connectivity index is 2.68. The van der Waals surface area contributed by atoms with Crippen LogP contribution in [0.1, 0.15) is 31.3 Å². The number of rotatable bonds is 1. The van der Waals surface area contributed by atoms with Crippen LogP contribution in [0.25, 0.3) is 0 Å². The minimum absolute atomic E-state index is 0.0423. The quantitative estimate of drug-likeness (QED) is 0.580. The van der Waals surface area contributed by atoms with Gasteiger partial charge in [0.2, 0.25) is 5.78 Å². The van der Waals surface area contributed by atoms with Crippen molar-refractivity contribution in [2.75, 3.05) is 0 Å². The Morgan fingerprint density at radius 1 is 1.38 bits per heavy atom. The second-order valence-electron chi connectivity index (χ2n) is 3.22. The minimum Gasteiger partial charge on any atom is -0.299 e. The second-order valence-corrected chi connectivity index (χ2v) is 3.66. The summed E-state index contributed by atoms with van der Waals surface area (Å²) in [5.41, 5.74) is -0.571. The highest BCUT2D eigenvalue weighted by molar-refractivity contribution is 6.63. The van der Waals surface area contributed by atoms with Crippen LogP contribution in [-0.4, -0.2) is 33.9 Å². The summed E-state index contributed by atoms with van der Waals surface area (Å²) in [6.07, 6.45) is 0.467. The Kier molecular flexibility index (Phi) is 2.40. The lowest BCUT2D eigenvalue weighted by atomic mass is 9.91. The molecule has 0 saturated carbocycles. The number of nitrogens with zero attached hydrogens (tertiary/aromatic N) is 1. The van der Waals surface area contributed by atoms with Gasteiger partial charge in [-0.3, -0.25) is 19.8 Å². The lowest BCUT2D eigenvalue weighted by molar-refractivity contribution is 0.0963. The molecule has 5 nitrogen and oxygen atoms in total. The standard InChI is InChI=1S/C10H5ClN2O3/c11-6-7(12)10(16)8-5(9(6)15)2-1-4(3-14)13-8/h1-3,6,12H. The average molecular weight is 237 g/mol. The van der Waals surface area contributed by atoms with Gasteiger partial charge in [-0.25, -0.2) is 4.98 Å². The molecule has 0 radical (unpaired) electrons. The van der Waals surface area contributed by atoms with Crippen molar-refractivity contribution in [1.82, 2.24) is 4.98 Å². The van der Waals surface area contributed by atoms with E-state index in [1.807, 2.05) is 0 Å². The lowest BCUT2D eigenvalue weighted by Crippen LogP contribution is -2.38. The molecule has 0 aliphatic heterocycles. The van der Waals surface area contributed by atoms with Crippen LogP contribution in [0.4, 0.5) is 0 Å². The molecule has 80 valence electrons. The SMILES string of the molecule is N=C1C(=O)c2nc(C=O)ccc2C(=O)C1Cl. The van der Waals surface area contributed by atoms with Crippen molar-refractivity contribution in [1.29, 1.82) is 5.41 Å². The minimum atomic E-state index is -1.26. The fourth-order valence-corrected chi connectivity index (χ4v) is 1.64. The van der Waals surface area contributed by atoms with Crippen molar-refractivity contribution >= 4 is 35.2 Å². The zero-order valence-corrected chi connectivity index (χ0v) is 8.62. The fourth-order valence-electron chi connectivity index (χ4n) is 1.42. The topological polar surface area (TPSA) is 87.9 Å². The normalized spacial score (nSPS) is 19.6. The van der Waals surface area contributed by atoms with Gasteiger partial charge in [0, 0.05) is 5.56 Å². The van der Waals surface area contributed by atoms with E-state index in [0.717, 1.165) is 0 Å². The second kappa shape index (κ2) is 3.61. The zero-order chi connectivity index (χ0) is 11.9. The van der Waals surface area contributed by atoms with E-state index < -0.39 is 22.7 Å². The number of aromatic nitrogens is 1. The first-order chi connectivity index (χ1) is 7.56. The Labute approximate surface area is 94.9 Å². The first-order valence-electron chi connectivity index (χ1n) is 4.34. The summed E-state index contributed by atoms with van der Waals surface area (Å²) in [6.45, 7) is 0. The highest BCUT2D eigenvalue weighted by Gasteiger charge is 2.37. The summed E-state index contributed by atoms with van der Waals surface area (Å²) < 4.78 is 0. The molecule has 16 heavy (non-hydrogen) atoms. The lowest BCUT2D eigenvalue weighted by Gasteiger charge is -2.17. The largest absolute Gasteiger partial charge is 0.299 e. The summed E-state index contributed by atoms with van der Waals surface area (Å²) in [6, 6.07) is 2.66. The first kappa shape index (κ1) is 10.6. The highest BCUT2D eigenvalue weighted by Crippen LogP contribution is 2.21. The van der Waals surface area contributed by atoms with E-state index in [2.05, 4.69) is 4.98 Å². The third-order valence-electron chi connectivity index (χ3n) is 2.25. The summed E-state index contributed by atoms with van der Waals surface area (Å²) in [5, 5.41) is 6.10. The van der Waals surface area contributed by atoms with E-state index in [9.17, 15) is 14.4 Å². The highest BCUT2D eigenvalue weighted by atomic mass is 35.5. The Bertz CT molecular complexity index is 539. The molecule has 0 fully saturated rings. The summed E-state index contributed by atoms with van der Waals surface area (Å²) >= 11 is 5.62. The molecule has 0 spiro atoms. The van der Waals surface area contributed by atoms with Gasteiger partial charge in [-0.2, -0.15) is 0 Å². The van der Waals surface area contributed by atoms with Crippen molar-refractivity contribution in [3.8, 4) is 0 Å². The van der Waals surface area contributed by atoms with Crippen molar-refractivity contribution in [3.63, 3.8) is 0 Å². The van der Waals surface area contributed by atoms with Crippen LogP contribution >= 0.6 is 11.6 Å². The monoisotopic (exact) mass is 236 g/mol. The maximum absolute atomic E-state index is 11.6. The molecule has 0 bridgehead atoms. The van der Waals surface area contributed by atoms with Crippen molar-refractivity contribution in [2.24, 2.45) is 0 Å². The predicted molar refractivity (Wildman–Crippen MR) is 55.7 cm³/mol. The zero-order valence-electron chi connectivity index (χ0n) is 7.86. The van der Waals surface area contributed by atoms with Gasteiger partial charge in [-0.05, 0) is 12.1 Å². The van der Waals surface area contributed by atoms with Gasteiger partial charge in [0.25, 0.3) is 0 Å². The molecule has 0 aromatic carbocycles. The Hall–Kier alpha value is -1.88. The van der Waals surface area contributed by atoms with Gasteiger partial charge in [0.1, 0.15) is 22.5 Å². The average Bonchev–Trinajstić information content (AvgIpc) is 2.33. The van der Waals surface area contributed by atoms with Crippen LogP contribution in [0.5, 0.6) is 0 Å². The molecule has 1 heterocycles. The molecule has 2 rings (SSSR count). The molecule has 1 N–H and O–H groups in total. The van der Waals surface area contributed by atoms with Crippen molar-refractivity contribution in [2.45, 2.75) is 5.38 Å². The number of ketones is 2. The molecule has 1 aromatic heterocycles. The van der Waals surface area contributed by atoms with Gasteiger partial charge in [-0.15, -0.1) is 11.6 Å². The third-order valence-corrected chi connectivity index (χ3v) is 2.66. The molecule has 1 aliphatic rings. The molecule has 1 aliphatic carbocycles.